The standard InChI is InChI=1S/C12H16F3NO2/c1-3-16-8-9(2)17-10-4-6-11(7-5-10)18-12(13,14)15/h4-7,9,16H,3,8H2,1-2H3. The van der Waals surface area contributed by atoms with Crippen LogP contribution in [0.1, 0.15) is 13.8 Å². The smallest absolute Gasteiger partial charge is 0.489 e. The molecule has 102 valence electrons. The lowest BCUT2D eigenvalue weighted by atomic mass is 10.3. The highest BCUT2D eigenvalue weighted by molar-refractivity contribution is 5.31. The number of halogens is 3. The summed E-state index contributed by atoms with van der Waals surface area (Å²) in [5.74, 6) is 0.254. The molecule has 1 aromatic carbocycles. The van der Waals surface area contributed by atoms with Crippen LogP contribution in [0.3, 0.4) is 0 Å². The molecule has 0 aliphatic heterocycles. The Bertz CT molecular complexity index is 351. The van der Waals surface area contributed by atoms with Crippen LogP contribution < -0.4 is 14.8 Å². The maximum absolute atomic E-state index is 11.9. The van der Waals surface area contributed by atoms with Crippen molar-refractivity contribution in [2.24, 2.45) is 0 Å². The maximum atomic E-state index is 11.9. The second kappa shape index (κ2) is 6.49. The van der Waals surface area contributed by atoms with Gasteiger partial charge in [-0.3, -0.25) is 0 Å². The number of alkyl halides is 3. The van der Waals surface area contributed by atoms with Gasteiger partial charge >= 0.3 is 6.36 Å². The zero-order chi connectivity index (χ0) is 13.6. The molecular weight excluding hydrogens is 247 g/mol. The molecule has 0 spiro atoms. The molecule has 0 saturated carbocycles. The van der Waals surface area contributed by atoms with Crippen LogP contribution in [0.4, 0.5) is 13.2 Å². The fourth-order valence-corrected chi connectivity index (χ4v) is 1.34. The van der Waals surface area contributed by atoms with E-state index < -0.39 is 6.36 Å². The lowest BCUT2D eigenvalue weighted by Crippen LogP contribution is -2.28. The molecular formula is C12H16F3NO2. The predicted octanol–water partition coefficient (Wildman–Crippen LogP) is 2.96. The van der Waals surface area contributed by atoms with Crippen LogP contribution in [0, 0.1) is 0 Å². The summed E-state index contributed by atoms with van der Waals surface area (Å²) in [5, 5.41) is 3.11. The fourth-order valence-electron chi connectivity index (χ4n) is 1.34. The molecule has 0 saturated heterocycles. The van der Waals surface area contributed by atoms with Crippen molar-refractivity contribution in [1.29, 1.82) is 0 Å². The first-order chi connectivity index (χ1) is 8.40. The van der Waals surface area contributed by atoms with Crippen molar-refractivity contribution in [2.75, 3.05) is 13.1 Å². The average molecular weight is 263 g/mol. The third-order valence-corrected chi connectivity index (χ3v) is 2.08. The van der Waals surface area contributed by atoms with Crippen molar-refractivity contribution in [1.82, 2.24) is 5.32 Å². The third kappa shape index (κ3) is 5.77. The van der Waals surface area contributed by atoms with E-state index >= 15 is 0 Å². The van der Waals surface area contributed by atoms with Crippen LogP contribution in [-0.4, -0.2) is 25.6 Å². The highest BCUT2D eigenvalue weighted by Crippen LogP contribution is 2.24. The first kappa shape index (κ1) is 14.6. The summed E-state index contributed by atoms with van der Waals surface area (Å²) in [6.45, 7) is 5.38. The topological polar surface area (TPSA) is 30.5 Å². The van der Waals surface area contributed by atoms with Gasteiger partial charge in [0.1, 0.15) is 17.6 Å². The Morgan fingerprint density at radius 2 is 1.72 bits per heavy atom. The Balaban J connectivity index is 2.50. The Morgan fingerprint density at radius 3 is 2.22 bits per heavy atom. The molecule has 0 aliphatic carbocycles. The van der Waals surface area contributed by atoms with Crippen molar-refractivity contribution in [3.05, 3.63) is 24.3 Å². The molecule has 0 aliphatic rings. The van der Waals surface area contributed by atoms with Crippen molar-refractivity contribution in [3.8, 4) is 11.5 Å². The second-order valence-electron chi connectivity index (χ2n) is 3.76. The molecule has 6 heteroatoms. The van der Waals surface area contributed by atoms with Crippen LogP contribution in [0.25, 0.3) is 0 Å². The molecule has 1 N–H and O–H groups in total. The fraction of sp³-hybridized carbons (Fsp3) is 0.500. The normalized spacial score (nSPS) is 13.2. The highest BCUT2D eigenvalue weighted by atomic mass is 19.4. The monoisotopic (exact) mass is 263 g/mol. The molecule has 1 atom stereocenters. The predicted molar refractivity (Wildman–Crippen MR) is 61.8 cm³/mol. The van der Waals surface area contributed by atoms with Gasteiger partial charge in [0.2, 0.25) is 0 Å². The molecule has 1 rings (SSSR count). The summed E-state index contributed by atoms with van der Waals surface area (Å²) in [5.41, 5.74) is 0. The van der Waals surface area contributed by atoms with Crippen molar-refractivity contribution >= 4 is 0 Å². The summed E-state index contributed by atoms with van der Waals surface area (Å²) in [6.07, 6.45) is -4.72. The quantitative estimate of drug-likeness (QED) is 0.856. The van der Waals surface area contributed by atoms with Crippen LogP contribution >= 0.6 is 0 Å². The zero-order valence-corrected chi connectivity index (χ0v) is 10.3. The van der Waals surface area contributed by atoms with E-state index in [1.165, 1.54) is 24.3 Å². The lowest BCUT2D eigenvalue weighted by molar-refractivity contribution is -0.274. The van der Waals surface area contributed by atoms with Gasteiger partial charge in [-0.2, -0.15) is 0 Å². The summed E-state index contributed by atoms with van der Waals surface area (Å²) >= 11 is 0. The number of benzene rings is 1. The Labute approximate surface area is 104 Å². The summed E-state index contributed by atoms with van der Waals surface area (Å²) in [4.78, 5) is 0. The van der Waals surface area contributed by atoms with E-state index in [0.29, 0.717) is 12.3 Å². The van der Waals surface area contributed by atoms with E-state index in [2.05, 4.69) is 10.1 Å². The van der Waals surface area contributed by atoms with E-state index in [0.717, 1.165) is 6.54 Å². The van der Waals surface area contributed by atoms with Crippen LogP contribution in [0.5, 0.6) is 11.5 Å². The number of hydrogen-bond acceptors (Lipinski definition) is 3. The number of hydrogen-bond donors (Lipinski definition) is 1. The molecule has 1 aromatic rings. The molecule has 0 bridgehead atoms. The van der Waals surface area contributed by atoms with E-state index in [1.807, 2.05) is 13.8 Å². The summed E-state index contributed by atoms with van der Waals surface area (Å²) in [6, 6.07) is 5.35. The van der Waals surface area contributed by atoms with E-state index in [1.54, 1.807) is 0 Å². The van der Waals surface area contributed by atoms with Gasteiger partial charge in [0.25, 0.3) is 0 Å². The Kier molecular flexibility index (Phi) is 5.27. The Morgan fingerprint density at radius 1 is 1.17 bits per heavy atom. The van der Waals surface area contributed by atoms with Crippen molar-refractivity contribution < 1.29 is 22.6 Å². The van der Waals surface area contributed by atoms with Crippen molar-refractivity contribution in [3.63, 3.8) is 0 Å². The first-order valence-electron chi connectivity index (χ1n) is 5.64. The number of nitrogens with one attached hydrogen (secondary N) is 1. The zero-order valence-electron chi connectivity index (χ0n) is 10.3. The minimum atomic E-state index is -4.67. The molecule has 1 unspecified atom stereocenters. The molecule has 3 nitrogen and oxygen atoms in total. The average Bonchev–Trinajstić information content (AvgIpc) is 2.27. The van der Waals surface area contributed by atoms with Gasteiger partial charge in [0.05, 0.1) is 0 Å². The molecule has 0 fully saturated rings. The van der Waals surface area contributed by atoms with E-state index in [4.69, 9.17) is 4.74 Å². The summed E-state index contributed by atoms with van der Waals surface area (Å²) < 4.78 is 45.0. The number of likely N-dealkylation sites (N-methyl/N-ethyl adjacent to an activating group) is 1. The maximum Gasteiger partial charge on any atom is 0.573 e. The third-order valence-electron chi connectivity index (χ3n) is 2.08. The highest BCUT2D eigenvalue weighted by Gasteiger charge is 2.30. The molecule has 0 amide bonds. The second-order valence-corrected chi connectivity index (χ2v) is 3.76. The first-order valence-corrected chi connectivity index (χ1v) is 5.64. The lowest BCUT2D eigenvalue weighted by Gasteiger charge is -2.15. The van der Waals surface area contributed by atoms with Gasteiger partial charge in [-0.1, -0.05) is 6.92 Å². The van der Waals surface area contributed by atoms with Gasteiger partial charge < -0.3 is 14.8 Å². The molecule has 0 heterocycles. The molecule has 18 heavy (non-hydrogen) atoms. The van der Waals surface area contributed by atoms with Crippen LogP contribution in [0.2, 0.25) is 0 Å². The van der Waals surface area contributed by atoms with Gasteiger partial charge in [-0.05, 0) is 37.7 Å². The van der Waals surface area contributed by atoms with Crippen LogP contribution in [0.15, 0.2) is 24.3 Å². The molecule has 0 aromatic heterocycles. The van der Waals surface area contributed by atoms with Gasteiger partial charge in [0.15, 0.2) is 0 Å². The number of rotatable bonds is 6. The molecule has 0 radical (unpaired) electrons. The largest absolute Gasteiger partial charge is 0.573 e. The van der Waals surface area contributed by atoms with E-state index in [9.17, 15) is 13.2 Å². The SMILES string of the molecule is CCNCC(C)Oc1ccc(OC(F)(F)F)cc1. The van der Waals surface area contributed by atoms with Gasteiger partial charge in [-0.15, -0.1) is 13.2 Å². The summed E-state index contributed by atoms with van der Waals surface area (Å²) in [7, 11) is 0. The van der Waals surface area contributed by atoms with Crippen molar-refractivity contribution in [2.45, 2.75) is 26.3 Å². The van der Waals surface area contributed by atoms with E-state index in [-0.39, 0.29) is 11.9 Å². The van der Waals surface area contributed by atoms with Crippen LogP contribution in [-0.2, 0) is 0 Å². The Hall–Kier alpha value is -1.43. The number of ether oxygens (including phenoxy) is 2. The van der Waals surface area contributed by atoms with Gasteiger partial charge in [0, 0.05) is 6.54 Å². The minimum Gasteiger partial charge on any atom is -0.489 e. The minimum absolute atomic E-state index is 0.0562. The van der Waals surface area contributed by atoms with Gasteiger partial charge in [-0.25, -0.2) is 0 Å².